The van der Waals surface area contributed by atoms with Crippen molar-refractivity contribution in [3.63, 3.8) is 0 Å². The highest BCUT2D eigenvalue weighted by Crippen LogP contribution is 2.30. The summed E-state index contributed by atoms with van der Waals surface area (Å²) in [7, 11) is 2.07. The molecule has 1 aromatic carbocycles. The first-order valence-corrected chi connectivity index (χ1v) is 7.56. The molecule has 0 saturated carbocycles. The molecular formula is C15H21N3S. The third-order valence-electron chi connectivity index (χ3n) is 3.07. The van der Waals surface area contributed by atoms with Gasteiger partial charge in [0.25, 0.3) is 0 Å². The average Bonchev–Trinajstić information content (AvgIpc) is 2.88. The Morgan fingerprint density at radius 3 is 2.58 bits per heavy atom. The molecule has 0 radical (unpaired) electrons. The molecule has 0 amide bonds. The number of thiazole rings is 1. The largest absolute Gasteiger partial charge is 0.321 e. The molecule has 1 heterocycles. The van der Waals surface area contributed by atoms with E-state index in [4.69, 9.17) is 4.98 Å². The van der Waals surface area contributed by atoms with Crippen LogP contribution in [0.4, 0.5) is 10.8 Å². The maximum atomic E-state index is 4.76. The Morgan fingerprint density at radius 2 is 1.95 bits per heavy atom. The van der Waals surface area contributed by atoms with Crippen molar-refractivity contribution in [1.29, 1.82) is 0 Å². The second-order valence-electron chi connectivity index (χ2n) is 4.39. The van der Waals surface area contributed by atoms with E-state index in [1.807, 2.05) is 6.07 Å². The van der Waals surface area contributed by atoms with E-state index < -0.39 is 0 Å². The summed E-state index contributed by atoms with van der Waals surface area (Å²) in [5.41, 5.74) is 2.39. The molecule has 1 aromatic heterocycles. The van der Waals surface area contributed by atoms with Crippen molar-refractivity contribution in [2.45, 2.75) is 26.8 Å². The number of para-hydroxylation sites is 1. The Balaban J connectivity index is 2.22. The average molecular weight is 275 g/mol. The van der Waals surface area contributed by atoms with Crippen LogP contribution in [0.1, 0.15) is 24.4 Å². The highest BCUT2D eigenvalue weighted by Gasteiger charge is 2.13. The van der Waals surface area contributed by atoms with Crippen molar-refractivity contribution >= 4 is 22.2 Å². The predicted octanol–water partition coefficient (Wildman–Crippen LogP) is 3.58. The molecule has 2 aromatic rings. The summed E-state index contributed by atoms with van der Waals surface area (Å²) in [6, 6.07) is 10.4. The number of hydrogen-bond donors (Lipinski definition) is 1. The van der Waals surface area contributed by atoms with Gasteiger partial charge in [-0.2, -0.15) is 0 Å². The summed E-state index contributed by atoms with van der Waals surface area (Å²) in [4.78, 5) is 8.26. The van der Waals surface area contributed by atoms with Crippen molar-refractivity contribution in [3.8, 4) is 0 Å². The second kappa shape index (κ2) is 6.68. The Labute approximate surface area is 119 Å². The van der Waals surface area contributed by atoms with Gasteiger partial charge in [-0.05, 0) is 25.1 Å². The molecule has 0 unspecified atom stereocenters. The fraction of sp³-hybridized carbons (Fsp3) is 0.400. The van der Waals surface area contributed by atoms with Gasteiger partial charge in [-0.15, -0.1) is 0 Å². The lowest BCUT2D eigenvalue weighted by atomic mass is 10.3. The lowest BCUT2D eigenvalue weighted by Crippen LogP contribution is -2.11. The maximum absolute atomic E-state index is 4.76. The number of rotatable bonds is 6. The van der Waals surface area contributed by atoms with Crippen LogP contribution in [-0.2, 0) is 13.0 Å². The smallest absolute Gasteiger partial charge is 0.190 e. The number of aromatic nitrogens is 1. The van der Waals surface area contributed by atoms with Crippen LogP contribution >= 0.6 is 11.3 Å². The van der Waals surface area contributed by atoms with Crippen LogP contribution in [0.3, 0.4) is 0 Å². The number of benzene rings is 1. The molecule has 3 nitrogen and oxygen atoms in total. The zero-order valence-corrected chi connectivity index (χ0v) is 12.6. The number of hydrogen-bond acceptors (Lipinski definition) is 4. The first-order chi connectivity index (χ1) is 9.26. The van der Waals surface area contributed by atoms with Gasteiger partial charge >= 0.3 is 0 Å². The van der Waals surface area contributed by atoms with Gasteiger partial charge < -0.3 is 10.2 Å². The van der Waals surface area contributed by atoms with Crippen LogP contribution in [0, 0.1) is 0 Å². The zero-order chi connectivity index (χ0) is 13.7. The quantitative estimate of drug-likeness (QED) is 0.873. The monoisotopic (exact) mass is 275 g/mol. The lowest BCUT2D eigenvalue weighted by molar-refractivity contribution is 0.727. The summed E-state index contributed by atoms with van der Waals surface area (Å²) in [5, 5.41) is 4.45. The molecule has 0 bridgehead atoms. The normalized spacial score (nSPS) is 10.7. The van der Waals surface area contributed by atoms with Crippen LogP contribution < -0.4 is 10.2 Å². The molecule has 0 fully saturated rings. The van der Waals surface area contributed by atoms with Crippen LogP contribution in [0.25, 0.3) is 0 Å². The number of nitrogens with zero attached hydrogens (tertiary/aromatic N) is 2. The van der Waals surface area contributed by atoms with Crippen LogP contribution in [0.2, 0.25) is 0 Å². The van der Waals surface area contributed by atoms with E-state index in [2.05, 4.69) is 55.4 Å². The van der Waals surface area contributed by atoms with Gasteiger partial charge in [0, 0.05) is 24.2 Å². The molecule has 0 saturated heterocycles. The molecule has 1 N–H and O–H groups in total. The van der Waals surface area contributed by atoms with Gasteiger partial charge in [0.1, 0.15) is 0 Å². The molecule has 4 heteroatoms. The van der Waals surface area contributed by atoms with E-state index in [1.54, 1.807) is 11.3 Å². The highest BCUT2D eigenvalue weighted by atomic mass is 32.1. The molecule has 102 valence electrons. The van der Waals surface area contributed by atoms with E-state index in [0.29, 0.717) is 0 Å². The Bertz CT molecular complexity index is 507. The van der Waals surface area contributed by atoms with Gasteiger partial charge in [-0.3, -0.25) is 0 Å². The third kappa shape index (κ3) is 3.33. The molecule has 0 aliphatic rings. The number of nitrogens with one attached hydrogen (secondary N) is 1. The van der Waals surface area contributed by atoms with Crippen molar-refractivity contribution in [2.75, 3.05) is 18.5 Å². The molecular weight excluding hydrogens is 254 g/mol. The maximum Gasteiger partial charge on any atom is 0.190 e. The zero-order valence-electron chi connectivity index (χ0n) is 11.8. The Morgan fingerprint density at radius 1 is 1.21 bits per heavy atom. The summed E-state index contributed by atoms with van der Waals surface area (Å²) in [6.45, 7) is 6.20. The van der Waals surface area contributed by atoms with Gasteiger partial charge in [0.05, 0.1) is 5.69 Å². The van der Waals surface area contributed by atoms with Crippen molar-refractivity contribution in [1.82, 2.24) is 10.3 Å². The SMILES string of the molecule is CCNCc1sc(N(C)c2ccccc2)nc1CC. The first kappa shape index (κ1) is 14.0. The van der Waals surface area contributed by atoms with Gasteiger partial charge in [-0.25, -0.2) is 4.98 Å². The van der Waals surface area contributed by atoms with Gasteiger partial charge in [0.15, 0.2) is 5.13 Å². The summed E-state index contributed by atoms with van der Waals surface area (Å²) in [5.74, 6) is 0. The topological polar surface area (TPSA) is 28.2 Å². The summed E-state index contributed by atoms with van der Waals surface area (Å²) < 4.78 is 0. The fourth-order valence-corrected chi connectivity index (χ4v) is 3.03. The standard InChI is InChI=1S/C15H21N3S/c1-4-13-14(11-16-5-2)19-15(17-13)18(3)12-9-7-6-8-10-12/h6-10,16H,4-5,11H2,1-3H3. The van der Waals surface area contributed by atoms with E-state index in [-0.39, 0.29) is 0 Å². The summed E-state index contributed by atoms with van der Waals surface area (Å²) >= 11 is 1.78. The van der Waals surface area contributed by atoms with E-state index >= 15 is 0 Å². The van der Waals surface area contributed by atoms with Gasteiger partial charge in [-0.1, -0.05) is 43.4 Å². The van der Waals surface area contributed by atoms with Crippen molar-refractivity contribution in [3.05, 3.63) is 40.9 Å². The molecule has 19 heavy (non-hydrogen) atoms. The fourth-order valence-electron chi connectivity index (χ4n) is 1.93. The molecule has 0 spiro atoms. The van der Waals surface area contributed by atoms with Crippen LogP contribution in [0.15, 0.2) is 30.3 Å². The first-order valence-electron chi connectivity index (χ1n) is 6.74. The molecule has 0 aliphatic carbocycles. The van der Waals surface area contributed by atoms with Crippen LogP contribution in [0.5, 0.6) is 0 Å². The Kier molecular flexibility index (Phi) is 4.93. The predicted molar refractivity (Wildman–Crippen MR) is 83.4 cm³/mol. The van der Waals surface area contributed by atoms with Crippen LogP contribution in [-0.4, -0.2) is 18.6 Å². The molecule has 0 aliphatic heterocycles. The van der Waals surface area contributed by atoms with Crippen molar-refractivity contribution < 1.29 is 0 Å². The number of anilines is 2. The minimum absolute atomic E-state index is 0.917. The lowest BCUT2D eigenvalue weighted by Gasteiger charge is -2.15. The Hall–Kier alpha value is -1.39. The minimum Gasteiger partial charge on any atom is -0.321 e. The van der Waals surface area contributed by atoms with E-state index in [1.165, 1.54) is 16.3 Å². The van der Waals surface area contributed by atoms with Gasteiger partial charge in [0.2, 0.25) is 0 Å². The molecule has 0 atom stereocenters. The number of aryl methyl sites for hydroxylation is 1. The second-order valence-corrected chi connectivity index (χ2v) is 5.46. The third-order valence-corrected chi connectivity index (χ3v) is 4.24. The molecule has 2 rings (SSSR count). The van der Waals surface area contributed by atoms with Crippen molar-refractivity contribution in [2.24, 2.45) is 0 Å². The summed E-state index contributed by atoms with van der Waals surface area (Å²) in [6.07, 6.45) is 0.986. The van der Waals surface area contributed by atoms with E-state index in [0.717, 1.165) is 24.6 Å². The minimum atomic E-state index is 0.917. The van der Waals surface area contributed by atoms with E-state index in [9.17, 15) is 0 Å². The highest BCUT2D eigenvalue weighted by molar-refractivity contribution is 7.15.